The van der Waals surface area contributed by atoms with Crippen LogP contribution >= 0.6 is 0 Å². The van der Waals surface area contributed by atoms with Crippen molar-refractivity contribution < 1.29 is 9.18 Å². The third-order valence-corrected chi connectivity index (χ3v) is 4.87. The highest BCUT2D eigenvalue weighted by Crippen LogP contribution is 2.37. The first-order valence-corrected chi connectivity index (χ1v) is 8.86. The first-order valence-electron chi connectivity index (χ1n) is 8.86. The monoisotopic (exact) mass is 362 g/mol. The van der Waals surface area contributed by atoms with Gasteiger partial charge in [-0.25, -0.2) is 9.97 Å². The van der Waals surface area contributed by atoms with Crippen LogP contribution in [0.5, 0.6) is 0 Å². The molecule has 3 aromatic heterocycles. The van der Waals surface area contributed by atoms with E-state index in [0.717, 1.165) is 34.9 Å². The van der Waals surface area contributed by atoms with Gasteiger partial charge in [-0.1, -0.05) is 12.7 Å². The number of aromatic nitrogens is 3. The fourth-order valence-electron chi connectivity index (χ4n) is 3.64. The Kier molecular flexibility index (Phi) is 4.54. The van der Waals surface area contributed by atoms with Crippen LogP contribution in [0, 0.1) is 5.95 Å². The van der Waals surface area contributed by atoms with E-state index in [1.807, 2.05) is 6.07 Å². The summed E-state index contributed by atoms with van der Waals surface area (Å²) in [6.07, 6.45) is 10.9. The molecule has 2 N–H and O–H groups in total. The highest BCUT2D eigenvalue weighted by molar-refractivity contribution is 6.01. The summed E-state index contributed by atoms with van der Waals surface area (Å²) in [6, 6.07) is 5.42. The molecule has 1 aliphatic carbocycles. The molecule has 4 rings (SSSR count). The molecule has 136 valence electrons. The van der Waals surface area contributed by atoms with Crippen molar-refractivity contribution in [1.82, 2.24) is 20.3 Å². The van der Waals surface area contributed by atoms with Gasteiger partial charge in [0.1, 0.15) is 5.65 Å². The maximum atomic E-state index is 14.3. The van der Waals surface area contributed by atoms with Gasteiger partial charge in [0.25, 0.3) is 0 Å². The number of hydrogen-bond acceptors (Lipinski definition) is 3. The molecule has 0 bridgehead atoms. The molecule has 0 aromatic carbocycles. The van der Waals surface area contributed by atoms with Crippen LogP contribution in [-0.4, -0.2) is 26.9 Å². The predicted molar refractivity (Wildman–Crippen MR) is 103 cm³/mol. The van der Waals surface area contributed by atoms with E-state index in [4.69, 9.17) is 0 Å². The molecule has 5 nitrogen and oxygen atoms in total. The zero-order valence-electron chi connectivity index (χ0n) is 14.7. The Hall–Kier alpha value is -3.28. The van der Waals surface area contributed by atoms with Crippen molar-refractivity contribution in [1.29, 1.82) is 0 Å². The fraction of sp³-hybridized carbons (Fsp3) is 0.190. The quantitative estimate of drug-likeness (QED) is 0.544. The maximum absolute atomic E-state index is 14.3. The van der Waals surface area contributed by atoms with E-state index < -0.39 is 5.95 Å². The number of H-pyrrole nitrogens is 1. The molecule has 0 radical (unpaired) electrons. The van der Waals surface area contributed by atoms with Crippen LogP contribution < -0.4 is 5.32 Å². The molecule has 0 fully saturated rings. The normalized spacial score (nSPS) is 16.8. The van der Waals surface area contributed by atoms with Gasteiger partial charge < -0.3 is 10.3 Å². The lowest BCUT2D eigenvalue weighted by molar-refractivity contribution is -0.117. The Bertz CT molecular complexity index is 1050. The van der Waals surface area contributed by atoms with Gasteiger partial charge in [0.2, 0.25) is 11.9 Å². The van der Waals surface area contributed by atoms with E-state index in [1.165, 1.54) is 12.3 Å². The summed E-state index contributed by atoms with van der Waals surface area (Å²) >= 11 is 0. The topological polar surface area (TPSA) is 70.7 Å². The van der Waals surface area contributed by atoms with Gasteiger partial charge in [-0.05, 0) is 54.7 Å². The van der Waals surface area contributed by atoms with Crippen molar-refractivity contribution in [3.63, 3.8) is 0 Å². The van der Waals surface area contributed by atoms with Crippen molar-refractivity contribution in [3.8, 4) is 11.1 Å². The number of halogens is 1. The number of nitrogens with zero attached hydrogens (tertiary/aromatic N) is 2. The summed E-state index contributed by atoms with van der Waals surface area (Å²) in [5, 5.41) is 3.84. The third-order valence-electron chi connectivity index (χ3n) is 4.87. The number of rotatable bonds is 4. The highest BCUT2D eigenvalue weighted by Gasteiger charge is 2.21. The molecule has 3 aromatic rings. The Labute approximate surface area is 156 Å². The van der Waals surface area contributed by atoms with Crippen LogP contribution in [0.15, 0.2) is 55.5 Å². The van der Waals surface area contributed by atoms with Crippen molar-refractivity contribution in [3.05, 3.63) is 67.0 Å². The molecule has 0 spiro atoms. The van der Waals surface area contributed by atoms with E-state index in [9.17, 15) is 9.18 Å². The molecule has 6 heteroatoms. The molecule has 1 unspecified atom stereocenters. The minimum atomic E-state index is -0.512. The van der Waals surface area contributed by atoms with E-state index in [2.05, 4.69) is 32.9 Å². The Morgan fingerprint density at radius 2 is 2.15 bits per heavy atom. The summed E-state index contributed by atoms with van der Waals surface area (Å²) in [5.74, 6) is -0.678. The van der Waals surface area contributed by atoms with Gasteiger partial charge in [-0.15, -0.1) is 0 Å². The van der Waals surface area contributed by atoms with Crippen LogP contribution in [0.2, 0.25) is 0 Å². The van der Waals surface area contributed by atoms with Crippen molar-refractivity contribution in [2.24, 2.45) is 0 Å². The second-order valence-electron chi connectivity index (χ2n) is 6.55. The second-order valence-corrected chi connectivity index (χ2v) is 6.55. The van der Waals surface area contributed by atoms with Crippen LogP contribution in [0.1, 0.15) is 24.8 Å². The number of carbonyl (C=O) groups excluding carboxylic acids is 1. The number of carbonyl (C=O) groups is 1. The van der Waals surface area contributed by atoms with Crippen molar-refractivity contribution in [2.45, 2.75) is 25.3 Å². The minimum absolute atomic E-state index is 0.0521. The number of hydrogen-bond donors (Lipinski definition) is 2. The fourth-order valence-corrected chi connectivity index (χ4v) is 3.64. The summed E-state index contributed by atoms with van der Waals surface area (Å²) < 4.78 is 14.3. The van der Waals surface area contributed by atoms with Gasteiger partial charge in [-0.3, -0.25) is 4.79 Å². The average molecular weight is 362 g/mol. The molecule has 1 amide bonds. The smallest absolute Gasteiger partial charge is 0.243 e. The van der Waals surface area contributed by atoms with Crippen LogP contribution in [0.3, 0.4) is 0 Å². The molecule has 3 heterocycles. The molecule has 1 atom stereocenters. The first-order chi connectivity index (χ1) is 13.2. The molecular weight excluding hydrogens is 343 g/mol. The molecule has 0 saturated heterocycles. The number of nitrogens with one attached hydrogen (secondary N) is 2. The maximum Gasteiger partial charge on any atom is 0.243 e. The number of aromatic amines is 1. The number of amides is 1. The van der Waals surface area contributed by atoms with Gasteiger partial charge in [0.05, 0.1) is 0 Å². The molecule has 1 aliphatic rings. The zero-order valence-corrected chi connectivity index (χ0v) is 14.7. The minimum Gasteiger partial charge on any atom is -0.349 e. The lowest BCUT2D eigenvalue weighted by atomic mass is 9.88. The Morgan fingerprint density at radius 1 is 1.26 bits per heavy atom. The van der Waals surface area contributed by atoms with Gasteiger partial charge in [0.15, 0.2) is 0 Å². The summed E-state index contributed by atoms with van der Waals surface area (Å²) in [7, 11) is 0. The van der Waals surface area contributed by atoms with Crippen LogP contribution in [0.25, 0.3) is 27.7 Å². The Balaban J connectivity index is 1.78. The highest BCUT2D eigenvalue weighted by atomic mass is 19.1. The zero-order chi connectivity index (χ0) is 18.8. The first kappa shape index (κ1) is 17.1. The molecular formula is C21H19FN4O. The number of fused-ring (bicyclic) bond motifs is 1. The van der Waals surface area contributed by atoms with Crippen molar-refractivity contribution >= 4 is 22.5 Å². The number of pyridine rings is 2. The molecule has 27 heavy (non-hydrogen) atoms. The SMILES string of the molecule is C=CC(=O)NC1CCC=C(c2ccnc3[nH]cc(-c4cccnc4F)c23)C1. The van der Waals surface area contributed by atoms with Gasteiger partial charge in [-0.2, -0.15) is 4.39 Å². The lowest BCUT2D eigenvalue weighted by Crippen LogP contribution is -2.34. The lowest BCUT2D eigenvalue weighted by Gasteiger charge is -2.24. The second kappa shape index (κ2) is 7.15. The van der Waals surface area contributed by atoms with Crippen LogP contribution in [-0.2, 0) is 4.79 Å². The summed E-state index contributed by atoms with van der Waals surface area (Å²) in [4.78, 5) is 22.9. The van der Waals surface area contributed by atoms with Crippen LogP contribution in [0.4, 0.5) is 4.39 Å². The Morgan fingerprint density at radius 3 is 2.96 bits per heavy atom. The van der Waals surface area contributed by atoms with E-state index >= 15 is 0 Å². The summed E-state index contributed by atoms with van der Waals surface area (Å²) in [6.45, 7) is 3.51. The number of allylic oxidation sites excluding steroid dienone is 1. The predicted octanol–water partition coefficient (Wildman–Crippen LogP) is 4.00. The van der Waals surface area contributed by atoms with E-state index in [1.54, 1.807) is 24.5 Å². The van der Waals surface area contributed by atoms with E-state index in [0.29, 0.717) is 17.6 Å². The standard InChI is InChI=1S/C21H19FN4O/c1-2-18(27)26-14-6-3-5-13(11-14)15-8-10-24-21-19(15)17(12-25-21)16-7-4-9-23-20(16)22/h2,4-5,7-10,12,14H,1,3,6,11H2,(H,24,25)(H,26,27). The third kappa shape index (κ3) is 3.26. The van der Waals surface area contributed by atoms with Gasteiger partial charge in [0, 0.05) is 41.1 Å². The largest absolute Gasteiger partial charge is 0.349 e. The average Bonchev–Trinajstić information content (AvgIpc) is 3.12. The van der Waals surface area contributed by atoms with Gasteiger partial charge >= 0.3 is 0 Å². The van der Waals surface area contributed by atoms with E-state index in [-0.39, 0.29) is 11.9 Å². The molecule has 0 aliphatic heterocycles. The van der Waals surface area contributed by atoms with Crippen molar-refractivity contribution in [2.75, 3.05) is 0 Å². The molecule has 0 saturated carbocycles. The summed E-state index contributed by atoms with van der Waals surface area (Å²) in [5.41, 5.74) is 3.98.